The van der Waals surface area contributed by atoms with Crippen molar-refractivity contribution in [2.45, 2.75) is 103 Å². The molecule has 3 atom stereocenters. The molecule has 1 N–H and O–H groups in total. The molecule has 1 fully saturated rings. The molecule has 0 amide bonds. The molecule has 1 aliphatic carbocycles. The van der Waals surface area contributed by atoms with Crippen molar-refractivity contribution < 1.29 is 27.0 Å². The van der Waals surface area contributed by atoms with Crippen LogP contribution in [0, 0.1) is 0 Å². The molecule has 3 unspecified atom stereocenters. The highest BCUT2D eigenvalue weighted by atomic mass is 28.5. The van der Waals surface area contributed by atoms with Gasteiger partial charge in [-0.05, 0) is 85.1 Å². The highest BCUT2D eigenvalue weighted by Crippen LogP contribution is 2.43. The third-order valence-corrected chi connectivity index (χ3v) is 16.5. The Bertz CT molecular complexity index is 550. The van der Waals surface area contributed by atoms with E-state index in [-0.39, 0.29) is 5.54 Å². The summed E-state index contributed by atoms with van der Waals surface area (Å²) in [5, 5.41) is 10.8. The van der Waals surface area contributed by atoms with E-state index in [9.17, 15) is 9.90 Å². The second-order valence-electron chi connectivity index (χ2n) is 11.0. The monoisotopic (exact) mass is 478 g/mol. The van der Waals surface area contributed by atoms with Crippen LogP contribution in [0.4, 0.5) is 0 Å². The molecule has 0 radical (unpaired) electrons. The molecule has 1 rings (SSSR count). The summed E-state index contributed by atoms with van der Waals surface area (Å²) in [6.45, 7) is 24.7. The number of ether oxygens (including phenoxy) is 1. The molecule has 29 heavy (non-hydrogen) atoms. The molecule has 0 saturated heterocycles. The molecule has 0 heterocycles. The summed E-state index contributed by atoms with van der Waals surface area (Å²) >= 11 is 0. The quantitative estimate of drug-likeness (QED) is 0.289. The third-order valence-electron chi connectivity index (χ3n) is 4.21. The van der Waals surface area contributed by atoms with Gasteiger partial charge in [-0.2, -0.15) is 0 Å². The summed E-state index contributed by atoms with van der Waals surface area (Å²) in [6.07, 6.45) is 0.493. The summed E-state index contributed by atoms with van der Waals surface area (Å²) in [6, 6.07) is 0. The minimum Gasteiger partial charge on any atom is -0.456 e. The Kier molecular flexibility index (Phi) is 8.92. The molecule has 0 aromatic carbocycles. The number of rotatable bonds is 9. The van der Waals surface area contributed by atoms with Crippen molar-refractivity contribution in [3.05, 3.63) is 12.2 Å². The van der Waals surface area contributed by atoms with Crippen LogP contribution in [0.15, 0.2) is 12.2 Å². The zero-order valence-corrected chi connectivity index (χ0v) is 24.0. The number of aliphatic hydroxyl groups is 1. The van der Waals surface area contributed by atoms with E-state index in [0.717, 1.165) is 6.42 Å². The Balaban J connectivity index is 3.21. The minimum atomic E-state index is -3.07. The van der Waals surface area contributed by atoms with E-state index in [2.05, 4.69) is 65.5 Å². The first-order valence-electron chi connectivity index (χ1n) is 10.5. The SMILES string of the molecule is C=C(C)C(=O)OC1CCC([Si](O[Si](C)(C)C)(O[Si](C)(C)C)O[Si](C)(C)C)CC1O. The van der Waals surface area contributed by atoms with Gasteiger partial charge in [0.2, 0.25) is 0 Å². The van der Waals surface area contributed by atoms with E-state index in [1.807, 2.05) is 0 Å². The smallest absolute Gasteiger partial charge is 0.456 e. The maximum atomic E-state index is 11.9. The average molecular weight is 479 g/mol. The molecule has 0 spiro atoms. The Morgan fingerprint density at radius 1 is 0.862 bits per heavy atom. The fourth-order valence-corrected chi connectivity index (χ4v) is 18.3. The summed E-state index contributed by atoms with van der Waals surface area (Å²) in [5.74, 6) is -0.453. The number of esters is 1. The van der Waals surface area contributed by atoms with Gasteiger partial charge in [0.25, 0.3) is 0 Å². The van der Waals surface area contributed by atoms with Crippen LogP contribution in [0.1, 0.15) is 26.2 Å². The fourth-order valence-electron chi connectivity index (χ4n) is 3.41. The second-order valence-corrected chi connectivity index (χ2v) is 28.2. The van der Waals surface area contributed by atoms with E-state index in [4.69, 9.17) is 17.1 Å². The largest absolute Gasteiger partial charge is 0.472 e. The number of aliphatic hydroxyl groups excluding tert-OH is 1. The minimum absolute atomic E-state index is 0.00227. The lowest BCUT2D eigenvalue weighted by molar-refractivity contribution is -0.152. The van der Waals surface area contributed by atoms with Crippen LogP contribution < -0.4 is 0 Å². The molecule has 0 aliphatic heterocycles. The first-order chi connectivity index (χ1) is 12.8. The standard InChI is InChI=1S/C19H42O6Si4/c1-15(2)19(21)22-18-13-12-16(14-17(18)20)29(23-26(3,4)5,24-27(6,7)8)25-28(9,10)11/h16-18,20H,1,12-14H2,2-11H3. The zero-order valence-electron chi connectivity index (χ0n) is 20.0. The van der Waals surface area contributed by atoms with Gasteiger partial charge in [0.05, 0.1) is 6.10 Å². The highest BCUT2D eigenvalue weighted by Gasteiger charge is 2.57. The van der Waals surface area contributed by atoms with Crippen LogP contribution in [-0.2, 0) is 21.9 Å². The first kappa shape index (κ1) is 27.0. The first-order valence-corrected chi connectivity index (χ1v) is 22.5. The van der Waals surface area contributed by atoms with Crippen molar-refractivity contribution in [1.82, 2.24) is 0 Å². The summed E-state index contributed by atoms with van der Waals surface area (Å²) in [4.78, 5) is 11.9. The van der Waals surface area contributed by atoms with E-state index < -0.39 is 51.9 Å². The van der Waals surface area contributed by atoms with Crippen molar-refractivity contribution >= 4 is 39.7 Å². The van der Waals surface area contributed by atoms with E-state index >= 15 is 0 Å². The summed E-state index contributed by atoms with van der Waals surface area (Å²) < 4.78 is 25.8. The van der Waals surface area contributed by atoms with Crippen molar-refractivity contribution in [2.24, 2.45) is 0 Å². The molecule has 10 heteroatoms. The lowest BCUT2D eigenvalue weighted by Gasteiger charge is -2.48. The van der Waals surface area contributed by atoms with Crippen molar-refractivity contribution in [2.75, 3.05) is 0 Å². The number of carbonyl (C=O) groups is 1. The maximum absolute atomic E-state index is 11.9. The number of hydrogen-bond acceptors (Lipinski definition) is 6. The van der Waals surface area contributed by atoms with Crippen LogP contribution in [0.3, 0.4) is 0 Å². The second kappa shape index (κ2) is 9.59. The van der Waals surface area contributed by atoms with E-state index in [1.165, 1.54) is 0 Å². The Morgan fingerprint density at radius 2 is 1.28 bits per heavy atom. The van der Waals surface area contributed by atoms with Crippen molar-refractivity contribution in [3.63, 3.8) is 0 Å². The Hall–Kier alpha value is -0.0825. The lowest BCUT2D eigenvalue weighted by atomic mass is 9.94. The van der Waals surface area contributed by atoms with E-state index in [0.29, 0.717) is 18.4 Å². The van der Waals surface area contributed by atoms with Gasteiger partial charge in [0, 0.05) is 11.1 Å². The van der Waals surface area contributed by atoms with Gasteiger partial charge in [-0.15, -0.1) is 0 Å². The van der Waals surface area contributed by atoms with Crippen LogP contribution in [0.2, 0.25) is 64.5 Å². The highest BCUT2D eigenvalue weighted by molar-refractivity contribution is 6.90. The van der Waals surface area contributed by atoms with Crippen LogP contribution in [0.25, 0.3) is 0 Å². The number of hydrogen-bond donors (Lipinski definition) is 1. The van der Waals surface area contributed by atoms with Crippen LogP contribution in [0.5, 0.6) is 0 Å². The third kappa shape index (κ3) is 9.29. The summed E-state index contributed by atoms with van der Waals surface area (Å²) in [7, 11) is -9.00. The predicted octanol–water partition coefficient (Wildman–Crippen LogP) is 4.88. The van der Waals surface area contributed by atoms with Crippen molar-refractivity contribution in [1.29, 1.82) is 0 Å². The Morgan fingerprint density at radius 3 is 1.59 bits per heavy atom. The fraction of sp³-hybridized carbons (Fsp3) is 0.842. The van der Waals surface area contributed by atoms with Crippen LogP contribution >= 0.6 is 0 Å². The molecular weight excluding hydrogens is 437 g/mol. The Labute approximate surface area is 181 Å². The van der Waals surface area contributed by atoms with Crippen molar-refractivity contribution in [3.8, 4) is 0 Å². The molecule has 0 aromatic heterocycles. The molecule has 0 bridgehead atoms. The maximum Gasteiger partial charge on any atom is 0.472 e. The van der Waals surface area contributed by atoms with Gasteiger partial charge in [-0.25, -0.2) is 4.79 Å². The zero-order chi connectivity index (χ0) is 22.8. The van der Waals surface area contributed by atoms with Gasteiger partial charge in [-0.1, -0.05) is 6.58 Å². The molecular formula is C19H42O6Si4. The molecule has 6 nitrogen and oxygen atoms in total. The van der Waals surface area contributed by atoms with Gasteiger partial charge in [-0.3, -0.25) is 0 Å². The molecule has 1 saturated carbocycles. The molecule has 0 aromatic rings. The predicted molar refractivity (Wildman–Crippen MR) is 127 cm³/mol. The number of carbonyl (C=O) groups excluding carboxylic acids is 1. The summed E-state index contributed by atoms with van der Waals surface area (Å²) in [5.41, 5.74) is 0.344. The molecule has 170 valence electrons. The topological polar surface area (TPSA) is 74.2 Å². The van der Waals surface area contributed by atoms with Gasteiger partial charge < -0.3 is 22.2 Å². The lowest BCUT2D eigenvalue weighted by Crippen LogP contribution is -2.64. The van der Waals surface area contributed by atoms with Gasteiger partial charge >= 0.3 is 14.8 Å². The van der Waals surface area contributed by atoms with E-state index in [1.54, 1.807) is 6.92 Å². The van der Waals surface area contributed by atoms with Gasteiger partial charge in [0.15, 0.2) is 25.0 Å². The normalized spacial score (nSPS) is 24.3. The molecule has 1 aliphatic rings. The van der Waals surface area contributed by atoms with Gasteiger partial charge in [0.1, 0.15) is 6.10 Å². The average Bonchev–Trinajstić information content (AvgIpc) is 2.43. The van der Waals surface area contributed by atoms with Crippen LogP contribution in [-0.4, -0.2) is 57.0 Å².